The fourth-order valence-electron chi connectivity index (χ4n) is 1.40. The maximum absolute atomic E-state index is 11.9. The third-order valence-electron chi connectivity index (χ3n) is 2.30. The molecule has 8 nitrogen and oxygen atoms in total. The number of nitro groups is 1. The van der Waals surface area contributed by atoms with Crippen molar-refractivity contribution in [3.8, 4) is 0 Å². The minimum atomic E-state index is -0.684. The topological polar surface area (TPSA) is 114 Å². The second-order valence-electron chi connectivity index (χ2n) is 3.57. The van der Waals surface area contributed by atoms with Gasteiger partial charge in [0.25, 0.3) is 11.6 Å². The van der Waals surface area contributed by atoms with Gasteiger partial charge in [0.05, 0.1) is 11.1 Å². The van der Waals surface area contributed by atoms with E-state index in [-0.39, 0.29) is 17.3 Å². The van der Waals surface area contributed by atoms with Gasteiger partial charge >= 0.3 is 0 Å². The molecule has 0 bridgehead atoms. The quantitative estimate of drug-likeness (QED) is 0.498. The van der Waals surface area contributed by atoms with Crippen LogP contribution in [0.15, 0.2) is 24.7 Å². The fraction of sp³-hybridized carbons (Fsp3) is 0.100. The monoisotopic (exact) mass is 281 g/mol. The SMILES string of the molecule is O=C(NCc1cn[nH]c1)c1cc(Cl)ncc1[N+](=O)[O-]. The summed E-state index contributed by atoms with van der Waals surface area (Å²) in [6.07, 6.45) is 4.09. The van der Waals surface area contributed by atoms with Crippen LogP contribution in [-0.4, -0.2) is 26.0 Å². The molecule has 0 fully saturated rings. The highest BCUT2D eigenvalue weighted by Crippen LogP contribution is 2.20. The summed E-state index contributed by atoms with van der Waals surface area (Å²) in [7, 11) is 0. The van der Waals surface area contributed by atoms with Crippen molar-refractivity contribution >= 4 is 23.2 Å². The van der Waals surface area contributed by atoms with Gasteiger partial charge in [0, 0.05) is 18.3 Å². The Kier molecular flexibility index (Phi) is 3.71. The molecule has 0 spiro atoms. The van der Waals surface area contributed by atoms with Gasteiger partial charge in [-0.05, 0) is 6.07 Å². The van der Waals surface area contributed by atoms with Crippen LogP contribution in [0.2, 0.25) is 5.15 Å². The van der Waals surface area contributed by atoms with Crippen molar-refractivity contribution in [2.45, 2.75) is 6.54 Å². The highest BCUT2D eigenvalue weighted by atomic mass is 35.5. The van der Waals surface area contributed by atoms with Crippen LogP contribution in [0.5, 0.6) is 0 Å². The minimum Gasteiger partial charge on any atom is -0.348 e. The van der Waals surface area contributed by atoms with Crippen LogP contribution in [0.1, 0.15) is 15.9 Å². The molecule has 2 aromatic rings. The van der Waals surface area contributed by atoms with Crippen molar-refractivity contribution in [3.05, 3.63) is 51.1 Å². The van der Waals surface area contributed by atoms with Crippen molar-refractivity contribution in [2.75, 3.05) is 0 Å². The maximum Gasteiger partial charge on any atom is 0.300 e. The molecule has 0 radical (unpaired) electrons. The predicted molar refractivity (Wildman–Crippen MR) is 65.7 cm³/mol. The lowest BCUT2D eigenvalue weighted by Gasteiger charge is -2.04. The lowest BCUT2D eigenvalue weighted by molar-refractivity contribution is -0.385. The van der Waals surface area contributed by atoms with Gasteiger partial charge < -0.3 is 5.32 Å². The summed E-state index contributed by atoms with van der Waals surface area (Å²) in [5.74, 6) is -0.600. The number of amides is 1. The zero-order valence-electron chi connectivity index (χ0n) is 9.46. The molecule has 0 saturated carbocycles. The number of nitrogens with zero attached hydrogens (tertiary/aromatic N) is 3. The molecule has 0 aliphatic carbocycles. The largest absolute Gasteiger partial charge is 0.348 e. The molecule has 0 aliphatic heterocycles. The van der Waals surface area contributed by atoms with E-state index in [0.717, 1.165) is 17.8 Å². The molecule has 0 saturated heterocycles. The number of hydrogen-bond donors (Lipinski definition) is 2. The van der Waals surface area contributed by atoms with Crippen LogP contribution in [0, 0.1) is 10.1 Å². The van der Waals surface area contributed by atoms with Gasteiger partial charge in [-0.1, -0.05) is 11.6 Å². The smallest absolute Gasteiger partial charge is 0.300 e. The van der Waals surface area contributed by atoms with E-state index in [1.807, 2.05) is 0 Å². The van der Waals surface area contributed by atoms with Crippen LogP contribution in [-0.2, 0) is 6.54 Å². The number of rotatable bonds is 4. The molecule has 0 aromatic carbocycles. The maximum atomic E-state index is 11.9. The van der Waals surface area contributed by atoms with Gasteiger partial charge in [-0.2, -0.15) is 5.10 Å². The number of aromatic nitrogens is 3. The van der Waals surface area contributed by atoms with E-state index in [2.05, 4.69) is 20.5 Å². The number of H-pyrrole nitrogens is 1. The molecule has 1 amide bonds. The second kappa shape index (κ2) is 5.44. The first-order valence-corrected chi connectivity index (χ1v) is 5.51. The Morgan fingerprint density at radius 1 is 1.53 bits per heavy atom. The minimum absolute atomic E-state index is 0.0130. The standard InChI is InChI=1S/C10H8ClN5O3/c11-9-1-7(8(5-12-9)16(18)19)10(17)13-2-6-3-14-15-4-6/h1,3-5H,2H2,(H,13,17)(H,14,15). The average Bonchev–Trinajstić information content (AvgIpc) is 2.88. The van der Waals surface area contributed by atoms with Crippen LogP contribution in [0.25, 0.3) is 0 Å². The predicted octanol–water partition coefficient (Wildman–Crippen LogP) is 1.30. The molecule has 0 aliphatic rings. The van der Waals surface area contributed by atoms with E-state index in [0.29, 0.717) is 0 Å². The Morgan fingerprint density at radius 3 is 2.95 bits per heavy atom. The summed E-state index contributed by atoms with van der Waals surface area (Å²) in [6, 6.07) is 1.16. The molecule has 2 rings (SSSR count). The van der Waals surface area contributed by atoms with Crippen LogP contribution in [0.4, 0.5) is 5.69 Å². The van der Waals surface area contributed by atoms with Crippen LogP contribution >= 0.6 is 11.6 Å². The number of hydrogen-bond acceptors (Lipinski definition) is 5. The van der Waals surface area contributed by atoms with E-state index >= 15 is 0 Å². The Hall–Kier alpha value is -2.48. The highest BCUT2D eigenvalue weighted by molar-refractivity contribution is 6.29. The fourth-order valence-corrected chi connectivity index (χ4v) is 1.56. The van der Waals surface area contributed by atoms with Gasteiger partial charge in [0.1, 0.15) is 16.9 Å². The highest BCUT2D eigenvalue weighted by Gasteiger charge is 2.21. The Bertz CT molecular complexity index is 614. The third-order valence-corrected chi connectivity index (χ3v) is 2.51. The summed E-state index contributed by atoms with van der Waals surface area (Å²) < 4.78 is 0. The van der Waals surface area contributed by atoms with Crippen LogP contribution in [0.3, 0.4) is 0 Å². The zero-order chi connectivity index (χ0) is 13.8. The van der Waals surface area contributed by atoms with E-state index in [1.54, 1.807) is 6.20 Å². The van der Waals surface area contributed by atoms with Gasteiger partial charge in [0.2, 0.25) is 0 Å². The van der Waals surface area contributed by atoms with Crippen molar-refractivity contribution in [1.29, 1.82) is 0 Å². The van der Waals surface area contributed by atoms with Crippen molar-refractivity contribution < 1.29 is 9.72 Å². The second-order valence-corrected chi connectivity index (χ2v) is 3.96. The first-order valence-electron chi connectivity index (χ1n) is 5.13. The van der Waals surface area contributed by atoms with Crippen molar-refractivity contribution in [1.82, 2.24) is 20.5 Å². The molecule has 2 aromatic heterocycles. The summed E-state index contributed by atoms with van der Waals surface area (Å²) in [6.45, 7) is 0.201. The summed E-state index contributed by atoms with van der Waals surface area (Å²) in [4.78, 5) is 25.6. The first-order chi connectivity index (χ1) is 9.08. The average molecular weight is 282 g/mol. The van der Waals surface area contributed by atoms with Gasteiger partial charge in [-0.25, -0.2) is 4.98 Å². The van der Waals surface area contributed by atoms with Gasteiger partial charge in [0.15, 0.2) is 0 Å². The molecule has 2 heterocycles. The van der Waals surface area contributed by atoms with Crippen molar-refractivity contribution in [3.63, 3.8) is 0 Å². The van der Waals surface area contributed by atoms with Crippen LogP contribution < -0.4 is 5.32 Å². The summed E-state index contributed by atoms with van der Waals surface area (Å²) in [5, 5.41) is 19.7. The number of halogens is 1. The molecule has 0 unspecified atom stereocenters. The van der Waals surface area contributed by atoms with E-state index in [1.165, 1.54) is 6.20 Å². The molecule has 9 heteroatoms. The van der Waals surface area contributed by atoms with Crippen molar-refractivity contribution in [2.24, 2.45) is 0 Å². The zero-order valence-corrected chi connectivity index (χ0v) is 10.2. The molecule has 98 valence electrons. The summed E-state index contributed by atoms with van der Waals surface area (Å²) >= 11 is 5.64. The van der Waals surface area contributed by atoms with Gasteiger partial charge in [-0.3, -0.25) is 20.0 Å². The lowest BCUT2D eigenvalue weighted by Crippen LogP contribution is -2.23. The van der Waals surface area contributed by atoms with E-state index in [4.69, 9.17) is 11.6 Å². The third kappa shape index (κ3) is 3.05. The van der Waals surface area contributed by atoms with Gasteiger partial charge in [-0.15, -0.1) is 0 Å². The first kappa shape index (κ1) is 13.0. The Balaban J connectivity index is 2.18. The Labute approximate surface area is 112 Å². The Morgan fingerprint density at radius 2 is 2.32 bits per heavy atom. The molecule has 2 N–H and O–H groups in total. The lowest BCUT2D eigenvalue weighted by atomic mass is 10.2. The molecular weight excluding hydrogens is 274 g/mol. The number of nitrogens with one attached hydrogen (secondary N) is 2. The molecular formula is C10H8ClN5O3. The van der Waals surface area contributed by atoms with E-state index < -0.39 is 16.5 Å². The van der Waals surface area contributed by atoms with E-state index in [9.17, 15) is 14.9 Å². The molecule has 19 heavy (non-hydrogen) atoms. The number of pyridine rings is 1. The molecule has 0 atom stereocenters. The normalized spacial score (nSPS) is 10.2. The summed E-state index contributed by atoms with van der Waals surface area (Å²) in [5.41, 5.74) is 0.221. The number of aromatic amines is 1. The number of carbonyl (C=O) groups is 1. The number of carbonyl (C=O) groups excluding carboxylic acids is 1.